The number of amides is 4. The summed E-state index contributed by atoms with van der Waals surface area (Å²) in [7, 11) is 0. The summed E-state index contributed by atoms with van der Waals surface area (Å²) in [6.45, 7) is 13.6. The van der Waals surface area contributed by atoms with Crippen LogP contribution in [0, 0.1) is 5.92 Å². The average Bonchev–Trinajstić information content (AvgIpc) is 3.41. The molecule has 0 aromatic heterocycles. The molecular formula is C29H42N4O5. The molecule has 0 spiro atoms. The van der Waals surface area contributed by atoms with Crippen molar-refractivity contribution in [3.63, 3.8) is 0 Å². The number of likely N-dealkylation sites (tertiary alicyclic amines) is 2. The Bertz CT molecular complexity index is 1080. The number of nitrogens with one attached hydrogen (secondary N) is 2. The van der Waals surface area contributed by atoms with Gasteiger partial charge in [0, 0.05) is 19.0 Å². The lowest BCUT2D eigenvalue weighted by Crippen LogP contribution is -2.53. The van der Waals surface area contributed by atoms with Crippen molar-refractivity contribution in [2.45, 2.75) is 97.3 Å². The first-order valence-electron chi connectivity index (χ1n) is 13.6. The number of benzene rings is 1. The maximum absolute atomic E-state index is 13.7. The molecule has 4 atom stereocenters. The van der Waals surface area contributed by atoms with Crippen molar-refractivity contribution in [1.29, 1.82) is 0 Å². The quantitative estimate of drug-likeness (QED) is 0.540. The van der Waals surface area contributed by atoms with Crippen molar-refractivity contribution in [1.82, 2.24) is 20.4 Å². The van der Waals surface area contributed by atoms with E-state index in [0.717, 1.165) is 5.56 Å². The molecule has 0 saturated carbocycles. The van der Waals surface area contributed by atoms with Gasteiger partial charge in [-0.05, 0) is 48.3 Å². The second kappa shape index (κ2) is 11.7. The number of carbonyl (C=O) groups excluding carboxylic acids is 5. The summed E-state index contributed by atoms with van der Waals surface area (Å²) in [6.07, 6.45) is 1.30. The first-order chi connectivity index (χ1) is 17.7. The van der Waals surface area contributed by atoms with E-state index in [1.54, 1.807) is 19.1 Å². The largest absolute Gasteiger partial charge is 0.345 e. The van der Waals surface area contributed by atoms with Crippen LogP contribution < -0.4 is 10.6 Å². The lowest BCUT2D eigenvalue weighted by Gasteiger charge is -2.30. The third-order valence-corrected chi connectivity index (χ3v) is 7.40. The number of hydrogen-bond acceptors (Lipinski definition) is 5. The van der Waals surface area contributed by atoms with Crippen LogP contribution in [-0.4, -0.2) is 76.5 Å². The lowest BCUT2D eigenvalue weighted by atomic mass is 9.86. The van der Waals surface area contributed by atoms with Crippen LogP contribution in [0.5, 0.6) is 0 Å². The fourth-order valence-corrected chi connectivity index (χ4v) is 5.40. The molecule has 0 bridgehead atoms. The maximum Gasteiger partial charge on any atom is 0.251 e. The molecule has 3 rings (SSSR count). The van der Waals surface area contributed by atoms with Gasteiger partial charge in [0.25, 0.3) is 5.91 Å². The van der Waals surface area contributed by atoms with E-state index >= 15 is 0 Å². The van der Waals surface area contributed by atoms with Gasteiger partial charge in [-0.15, -0.1) is 0 Å². The summed E-state index contributed by atoms with van der Waals surface area (Å²) in [5, 5.41) is 5.56. The van der Waals surface area contributed by atoms with Gasteiger partial charge in [0.2, 0.25) is 17.7 Å². The van der Waals surface area contributed by atoms with Crippen molar-refractivity contribution in [3.05, 3.63) is 35.4 Å². The highest BCUT2D eigenvalue weighted by Gasteiger charge is 2.52. The minimum atomic E-state index is -0.788. The number of rotatable bonds is 8. The summed E-state index contributed by atoms with van der Waals surface area (Å²) in [4.78, 5) is 67.6. The van der Waals surface area contributed by atoms with E-state index in [9.17, 15) is 24.0 Å². The Kier molecular flexibility index (Phi) is 9.00. The Morgan fingerprint density at radius 1 is 0.974 bits per heavy atom. The van der Waals surface area contributed by atoms with Gasteiger partial charge in [-0.3, -0.25) is 24.0 Å². The van der Waals surface area contributed by atoms with E-state index in [2.05, 4.69) is 31.4 Å². The number of carbonyl (C=O) groups is 5. The molecular weight excluding hydrogens is 484 g/mol. The van der Waals surface area contributed by atoms with E-state index in [1.165, 1.54) is 16.7 Å². The molecule has 4 amide bonds. The van der Waals surface area contributed by atoms with E-state index in [-0.39, 0.29) is 47.3 Å². The monoisotopic (exact) mass is 526 g/mol. The average molecular weight is 527 g/mol. The Morgan fingerprint density at radius 2 is 1.58 bits per heavy atom. The number of ketones is 1. The highest BCUT2D eigenvalue weighted by Crippen LogP contribution is 2.31. The normalized spacial score (nSPS) is 20.8. The zero-order chi connectivity index (χ0) is 28.4. The smallest absolute Gasteiger partial charge is 0.251 e. The van der Waals surface area contributed by atoms with Crippen LogP contribution in [0.1, 0.15) is 83.7 Å². The number of nitrogens with zero attached hydrogens (tertiary/aromatic N) is 2. The Morgan fingerprint density at radius 3 is 2.11 bits per heavy atom. The standard InChI is InChI=1S/C29H42N4O5/c1-8-21(30-18(4)34)27(37)33-16-24(35)25-23(33)13-14-32(25)28(38)22(15-17(2)3)31-26(36)19-9-11-20(12-10-19)29(5,6)7/h9-12,17,21-23,25H,8,13-16H2,1-7H3,(H,30,34)(H,31,36). The molecule has 38 heavy (non-hydrogen) atoms. The highest BCUT2D eigenvalue weighted by atomic mass is 16.2. The molecule has 4 unspecified atom stereocenters. The number of hydrogen-bond donors (Lipinski definition) is 2. The van der Waals surface area contributed by atoms with Gasteiger partial charge < -0.3 is 20.4 Å². The van der Waals surface area contributed by atoms with Gasteiger partial charge in [0.15, 0.2) is 5.78 Å². The van der Waals surface area contributed by atoms with Crippen molar-refractivity contribution in [2.24, 2.45) is 5.92 Å². The van der Waals surface area contributed by atoms with E-state index < -0.39 is 24.2 Å². The molecule has 2 heterocycles. The van der Waals surface area contributed by atoms with Crippen LogP contribution in [0.15, 0.2) is 24.3 Å². The third-order valence-electron chi connectivity index (χ3n) is 7.40. The first-order valence-corrected chi connectivity index (χ1v) is 13.6. The zero-order valence-electron chi connectivity index (χ0n) is 23.7. The molecule has 0 aliphatic carbocycles. The van der Waals surface area contributed by atoms with Crippen LogP contribution >= 0.6 is 0 Å². The van der Waals surface area contributed by atoms with Crippen molar-refractivity contribution in [3.8, 4) is 0 Å². The summed E-state index contributed by atoms with van der Waals surface area (Å²) < 4.78 is 0. The number of Topliss-reactive ketones (excluding diaryl/α,β-unsaturated/α-hetero) is 1. The Labute approximate surface area is 225 Å². The molecule has 1 aromatic rings. The molecule has 2 saturated heterocycles. The molecule has 0 radical (unpaired) electrons. The van der Waals surface area contributed by atoms with E-state index in [1.807, 2.05) is 26.0 Å². The van der Waals surface area contributed by atoms with Gasteiger partial charge in [-0.1, -0.05) is 53.7 Å². The van der Waals surface area contributed by atoms with Gasteiger partial charge in [-0.2, -0.15) is 0 Å². The summed E-state index contributed by atoms with van der Waals surface area (Å²) in [5.74, 6) is -1.32. The fourth-order valence-electron chi connectivity index (χ4n) is 5.40. The zero-order valence-corrected chi connectivity index (χ0v) is 23.7. The summed E-state index contributed by atoms with van der Waals surface area (Å²) in [6, 6.07) is 4.72. The Hall–Kier alpha value is -3.23. The molecule has 2 aliphatic heterocycles. The highest BCUT2D eigenvalue weighted by molar-refractivity contribution is 6.01. The van der Waals surface area contributed by atoms with Crippen LogP contribution in [0.25, 0.3) is 0 Å². The summed E-state index contributed by atoms with van der Waals surface area (Å²) in [5.41, 5.74) is 1.53. The topological polar surface area (TPSA) is 116 Å². The van der Waals surface area contributed by atoms with Crippen LogP contribution in [0.4, 0.5) is 0 Å². The van der Waals surface area contributed by atoms with Gasteiger partial charge >= 0.3 is 0 Å². The van der Waals surface area contributed by atoms with Crippen LogP contribution in [-0.2, 0) is 24.6 Å². The van der Waals surface area contributed by atoms with E-state index in [4.69, 9.17) is 0 Å². The predicted molar refractivity (Wildman–Crippen MR) is 144 cm³/mol. The van der Waals surface area contributed by atoms with Crippen LogP contribution in [0.3, 0.4) is 0 Å². The maximum atomic E-state index is 13.7. The summed E-state index contributed by atoms with van der Waals surface area (Å²) >= 11 is 0. The molecule has 208 valence electrons. The minimum absolute atomic E-state index is 0.0419. The molecule has 9 heteroatoms. The molecule has 2 aliphatic rings. The van der Waals surface area contributed by atoms with Gasteiger partial charge in [0.05, 0.1) is 12.6 Å². The first kappa shape index (κ1) is 29.3. The van der Waals surface area contributed by atoms with Crippen molar-refractivity contribution >= 4 is 29.4 Å². The fraction of sp³-hybridized carbons (Fsp3) is 0.621. The molecule has 2 N–H and O–H groups in total. The molecule has 1 aromatic carbocycles. The second-order valence-electron chi connectivity index (χ2n) is 11.9. The lowest BCUT2D eigenvalue weighted by molar-refractivity contribution is -0.138. The Balaban J connectivity index is 1.76. The third kappa shape index (κ3) is 6.42. The van der Waals surface area contributed by atoms with Gasteiger partial charge in [0.1, 0.15) is 18.1 Å². The second-order valence-corrected chi connectivity index (χ2v) is 11.9. The van der Waals surface area contributed by atoms with Crippen molar-refractivity contribution < 1.29 is 24.0 Å². The minimum Gasteiger partial charge on any atom is -0.345 e. The molecule has 9 nitrogen and oxygen atoms in total. The van der Waals surface area contributed by atoms with Gasteiger partial charge in [-0.25, -0.2) is 0 Å². The SMILES string of the molecule is CCC(NC(C)=O)C(=O)N1CC(=O)C2C1CCN2C(=O)C(CC(C)C)NC(=O)c1ccc(C(C)(C)C)cc1. The number of fused-ring (bicyclic) bond motifs is 1. The predicted octanol–water partition coefficient (Wildman–Crippen LogP) is 2.42. The van der Waals surface area contributed by atoms with Crippen molar-refractivity contribution in [2.75, 3.05) is 13.1 Å². The molecule has 2 fully saturated rings. The van der Waals surface area contributed by atoms with Crippen LogP contribution in [0.2, 0.25) is 0 Å². The van der Waals surface area contributed by atoms with E-state index in [0.29, 0.717) is 31.4 Å².